The Morgan fingerprint density at radius 1 is 0.841 bits per heavy atom. The van der Waals surface area contributed by atoms with E-state index in [-0.39, 0.29) is 23.4 Å². The Bertz CT molecular complexity index is 1700. The SMILES string of the molecule is Cc1ccccc1CN(C(=O)CN(C)S(=O)(=O)c1ccc2ccccc2c1)C(Cc1ccccc1)C(=O)NC1CCCCC1. The Kier molecular flexibility index (Phi) is 10.1. The van der Waals surface area contributed by atoms with E-state index in [1.807, 2.05) is 85.8 Å². The molecule has 1 fully saturated rings. The van der Waals surface area contributed by atoms with Crippen LogP contribution in [0.3, 0.4) is 0 Å². The van der Waals surface area contributed by atoms with Crippen LogP contribution >= 0.6 is 0 Å². The van der Waals surface area contributed by atoms with Crippen molar-refractivity contribution in [1.82, 2.24) is 14.5 Å². The number of nitrogens with one attached hydrogen (secondary N) is 1. The maximum absolute atomic E-state index is 14.2. The molecule has 4 aromatic rings. The van der Waals surface area contributed by atoms with Gasteiger partial charge < -0.3 is 10.2 Å². The van der Waals surface area contributed by atoms with Crippen LogP contribution in [0.2, 0.25) is 0 Å². The van der Waals surface area contributed by atoms with Gasteiger partial charge in [-0.05, 0) is 59.4 Å². The summed E-state index contributed by atoms with van der Waals surface area (Å²) in [5.74, 6) is -0.637. The molecule has 0 aromatic heterocycles. The highest BCUT2D eigenvalue weighted by atomic mass is 32.2. The summed E-state index contributed by atoms with van der Waals surface area (Å²) >= 11 is 0. The fraction of sp³-hybridized carbons (Fsp3) is 0.333. The summed E-state index contributed by atoms with van der Waals surface area (Å²) in [6.45, 7) is 1.76. The molecular weight excluding hydrogens is 570 g/mol. The molecule has 2 amide bonds. The van der Waals surface area contributed by atoms with E-state index in [4.69, 9.17) is 0 Å². The molecule has 0 spiro atoms. The lowest BCUT2D eigenvalue weighted by Crippen LogP contribution is -2.54. The minimum absolute atomic E-state index is 0.0703. The zero-order valence-electron chi connectivity index (χ0n) is 25.5. The molecule has 1 atom stereocenters. The van der Waals surface area contributed by atoms with E-state index in [1.54, 1.807) is 23.1 Å². The minimum Gasteiger partial charge on any atom is -0.352 e. The fourth-order valence-electron chi connectivity index (χ4n) is 5.94. The van der Waals surface area contributed by atoms with E-state index in [9.17, 15) is 18.0 Å². The Labute approximate surface area is 260 Å². The Balaban J connectivity index is 1.46. The molecule has 1 aliphatic rings. The predicted molar refractivity (Wildman–Crippen MR) is 174 cm³/mol. The first kappa shape index (κ1) is 31.4. The van der Waals surface area contributed by atoms with Gasteiger partial charge in [-0.2, -0.15) is 4.31 Å². The maximum atomic E-state index is 14.2. The number of likely N-dealkylation sites (N-methyl/N-ethyl adjacent to an activating group) is 1. The van der Waals surface area contributed by atoms with Crippen LogP contribution in [0.5, 0.6) is 0 Å². The van der Waals surface area contributed by atoms with Crippen molar-refractivity contribution in [2.45, 2.75) is 69.0 Å². The van der Waals surface area contributed by atoms with Crippen molar-refractivity contribution in [3.63, 3.8) is 0 Å². The number of aryl methyl sites for hydroxylation is 1. The lowest BCUT2D eigenvalue weighted by Gasteiger charge is -2.34. The number of rotatable bonds is 11. The summed E-state index contributed by atoms with van der Waals surface area (Å²) in [5.41, 5.74) is 2.83. The number of hydrogen-bond donors (Lipinski definition) is 1. The maximum Gasteiger partial charge on any atom is 0.243 e. The van der Waals surface area contributed by atoms with Crippen LogP contribution in [0.1, 0.15) is 48.8 Å². The smallest absolute Gasteiger partial charge is 0.243 e. The van der Waals surface area contributed by atoms with Crippen molar-refractivity contribution in [3.05, 3.63) is 114 Å². The molecule has 8 heteroatoms. The van der Waals surface area contributed by atoms with Gasteiger partial charge in [0.2, 0.25) is 21.8 Å². The molecule has 0 bridgehead atoms. The summed E-state index contributed by atoms with van der Waals surface area (Å²) < 4.78 is 28.4. The molecule has 5 rings (SSSR count). The number of nitrogens with zero attached hydrogens (tertiary/aromatic N) is 2. The number of fused-ring (bicyclic) bond motifs is 1. The molecular formula is C36H41N3O4S. The predicted octanol–water partition coefficient (Wildman–Crippen LogP) is 5.86. The van der Waals surface area contributed by atoms with Crippen LogP contribution in [-0.2, 0) is 32.6 Å². The van der Waals surface area contributed by atoms with Gasteiger partial charge in [0, 0.05) is 26.1 Å². The number of hydrogen-bond acceptors (Lipinski definition) is 4. The van der Waals surface area contributed by atoms with Gasteiger partial charge in [-0.15, -0.1) is 0 Å². The van der Waals surface area contributed by atoms with E-state index < -0.39 is 28.5 Å². The quantitative estimate of drug-likeness (QED) is 0.230. The molecule has 0 aliphatic heterocycles. The highest BCUT2D eigenvalue weighted by molar-refractivity contribution is 7.89. The molecule has 0 saturated heterocycles. The molecule has 1 aliphatic carbocycles. The molecule has 1 unspecified atom stereocenters. The largest absolute Gasteiger partial charge is 0.352 e. The van der Waals surface area contributed by atoms with Crippen molar-refractivity contribution >= 4 is 32.6 Å². The zero-order chi connectivity index (χ0) is 31.1. The molecule has 1 N–H and O–H groups in total. The van der Waals surface area contributed by atoms with Gasteiger partial charge in [0.25, 0.3) is 0 Å². The van der Waals surface area contributed by atoms with E-state index >= 15 is 0 Å². The second-order valence-corrected chi connectivity index (χ2v) is 13.8. The third kappa shape index (κ3) is 7.55. The van der Waals surface area contributed by atoms with Crippen LogP contribution in [0.25, 0.3) is 10.8 Å². The molecule has 0 heterocycles. The van der Waals surface area contributed by atoms with Crippen LogP contribution in [0.4, 0.5) is 0 Å². The molecule has 7 nitrogen and oxygen atoms in total. The Morgan fingerprint density at radius 3 is 2.23 bits per heavy atom. The highest BCUT2D eigenvalue weighted by Crippen LogP contribution is 2.23. The van der Waals surface area contributed by atoms with Gasteiger partial charge >= 0.3 is 0 Å². The number of amides is 2. The van der Waals surface area contributed by atoms with Gasteiger partial charge in [0.05, 0.1) is 11.4 Å². The van der Waals surface area contributed by atoms with Crippen LogP contribution in [0, 0.1) is 6.92 Å². The normalized spacial score (nSPS) is 14.8. The molecule has 0 radical (unpaired) electrons. The average molecular weight is 612 g/mol. The number of carbonyl (C=O) groups excluding carboxylic acids is 2. The first-order valence-corrected chi connectivity index (χ1v) is 16.8. The average Bonchev–Trinajstić information content (AvgIpc) is 3.04. The topological polar surface area (TPSA) is 86.8 Å². The van der Waals surface area contributed by atoms with Gasteiger partial charge in [-0.3, -0.25) is 9.59 Å². The monoisotopic (exact) mass is 611 g/mol. The van der Waals surface area contributed by atoms with Crippen LogP contribution in [0.15, 0.2) is 102 Å². The summed E-state index contributed by atoms with van der Waals surface area (Å²) in [5, 5.41) is 4.97. The van der Waals surface area contributed by atoms with Gasteiger partial charge in [0.1, 0.15) is 6.04 Å². The first-order valence-electron chi connectivity index (χ1n) is 15.4. The summed E-state index contributed by atoms with van der Waals surface area (Å²) in [4.78, 5) is 29.9. The van der Waals surface area contributed by atoms with Crippen LogP contribution in [-0.4, -0.2) is 55.1 Å². The van der Waals surface area contributed by atoms with Crippen molar-refractivity contribution in [2.24, 2.45) is 0 Å². The molecule has 230 valence electrons. The van der Waals surface area contributed by atoms with Gasteiger partial charge in [-0.1, -0.05) is 104 Å². The lowest BCUT2D eigenvalue weighted by atomic mass is 9.94. The second kappa shape index (κ2) is 14.2. The minimum atomic E-state index is -3.98. The van der Waals surface area contributed by atoms with E-state index in [2.05, 4.69) is 5.32 Å². The van der Waals surface area contributed by atoms with Crippen LogP contribution < -0.4 is 5.32 Å². The van der Waals surface area contributed by atoms with Crippen molar-refractivity contribution in [2.75, 3.05) is 13.6 Å². The summed E-state index contributed by atoms with van der Waals surface area (Å²) in [6.07, 6.45) is 5.45. The standard InChI is InChI=1S/C36H41N3O4S/c1-27-13-9-10-18-31(27)25-39(34(23-28-14-5-3-6-15-28)36(41)37-32-19-7-4-8-20-32)35(40)26-38(2)44(42,43)33-22-21-29-16-11-12-17-30(29)24-33/h3,5-6,9-18,21-22,24,32,34H,4,7-8,19-20,23,25-26H2,1-2H3,(H,37,41). The molecule has 4 aromatic carbocycles. The summed E-state index contributed by atoms with van der Waals surface area (Å²) in [6, 6.07) is 29.2. The van der Waals surface area contributed by atoms with Crippen molar-refractivity contribution in [1.29, 1.82) is 0 Å². The second-order valence-electron chi connectivity index (χ2n) is 11.8. The third-order valence-electron chi connectivity index (χ3n) is 8.61. The number of sulfonamides is 1. The number of benzene rings is 4. The molecule has 1 saturated carbocycles. The van der Waals surface area contributed by atoms with E-state index in [0.717, 1.165) is 63.9 Å². The first-order chi connectivity index (χ1) is 21.2. The lowest BCUT2D eigenvalue weighted by molar-refractivity contribution is -0.141. The Morgan fingerprint density at radius 2 is 1.50 bits per heavy atom. The zero-order valence-corrected chi connectivity index (χ0v) is 26.3. The molecule has 44 heavy (non-hydrogen) atoms. The fourth-order valence-corrected chi connectivity index (χ4v) is 7.10. The third-order valence-corrected chi connectivity index (χ3v) is 10.4. The van der Waals surface area contributed by atoms with Gasteiger partial charge in [0.15, 0.2) is 0 Å². The Hall–Kier alpha value is -4.01. The van der Waals surface area contributed by atoms with Gasteiger partial charge in [-0.25, -0.2) is 8.42 Å². The summed E-state index contributed by atoms with van der Waals surface area (Å²) in [7, 11) is -2.56. The van der Waals surface area contributed by atoms with Crippen molar-refractivity contribution in [3.8, 4) is 0 Å². The number of carbonyl (C=O) groups is 2. The highest BCUT2D eigenvalue weighted by Gasteiger charge is 2.34. The van der Waals surface area contributed by atoms with E-state index in [1.165, 1.54) is 7.05 Å². The van der Waals surface area contributed by atoms with E-state index in [0.29, 0.717) is 6.42 Å². The van der Waals surface area contributed by atoms with Crippen molar-refractivity contribution < 1.29 is 18.0 Å².